The van der Waals surface area contributed by atoms with Crippen LogP contribution in [0.5, 0.6) is 0 Å². The van der Waals surface area contributed by atoms with Crippen molar-refractivity contribution >= 4 is 21.8 Å². The van der Waals surface area contributed by atoms with Gasteiger partial charge < -0.3 is 4.74 Å². The lowest BCUT2D eigenvalue weighted by Gasteiger charge is -2.20. The Morgan fingerprint density at radius 2 is 1.66 bits per heavy atom. The van der Waals surface area contributed by atoms with Crippen LogP contribution in [0.4, 0.5) is 13.2 Å². The fourth-order valence-electron chi connectivity index (χ4n) is 2.33. The van der Waals surface area contributed by atoms with Crippen molar-refractivity contribution in [3.8, 4) is 0 Å². The summed E-state index contributed by atoms with van der Waals surface area (Å²) in [6.45, 7) is 2.23. The van der Waals surface area contributed by atoms with Crippen LogP contribution in [-0.4, -0.2) is 32.8 Å². The molecule has 0 aromatic heterocycles. The van der Waals surface area contributed by atoms with Crippen LogP contribution in [-0.2, 0) is 19.6 Å². The van der Waals surface area contributed by atoms with Gasteiger partial charge in [0.05, 0.1) is 0 Å². The molecule has 0 saturated carbocycles. The fourth-order valence-corrected chi connectivity index (χ4v) is 3.74. The third-order valence-electron chi connectivity index (χ3n) is 3.92. The molecule has 0 saturated heterocycles. The summed E-state index contributed by atoms with van der Waals surface area (Å²) < 4.78 is 71.6. The van der Waals surface area contributed by atoms with Crippen molar-refractivity contribution in [2.75, 3.05) is 6.61 Å². The molecule has 0 spiro atoms. The summed E-state index contributed by atoms with van der Waals surface area (Å²) in [6, 6.07) is 5.65. The highest BCUT2D eigenvalue weighted by Crippen LogP contribution is 2.16. The van der Waals surface area contributed by atoms with E-state index in [1.807, 2.05) is 0 Å². The second kappa shape index (κ2) is 9.19. The number of carbonyl (C=O) groups excluding carboxylic acids is 2. The second-order valence-electron chi connectivity index (χ2n) is 6.43. The van der Waals surface area contributed by atoms with Crippen molar-refractivity contribution in [1.29, 1.82) is 0 Å². The van der Waals surface area contributed by atoms with E-state index < -0.39 is 62.7 Å². The van der Waals surface area contributed by atoms with Crippen molar-refractivity contribution in [2.24, 2.45) is 5.92 Å². The van der Waals surface area contributed by atoms with Gasteiger partial charge in [-0.1, -0.05) is 26.0 Å². The minimum atomic E-state index is -4.38. The van der Waals surface area contributed by atoms with E-state index in [0.29, 0.717) is 6.07 Å². The van der Waals surface area contributed by atoms with Crippen LogP contribution in [0.1, 0.15) is 24.2 Å². The maximum Gasteiger partial charge on any atom is 0.324 e. The first-order valence-electron chi connectivity index (χ1n) is 8.44. The first kappa shape index (κ1) is 22.6. The summed E-state index contributed by atoms with van der Waals surface area (Å²) in [4.78, 5) is 23.7. The average Bonchev–Trinajstić information content (AvgIpc) is 2.66. The number of ketones is 1. The summed E-state index contributed by atoms with van der Waals surface area (Å²) in [5.41, 5.74) is -0.218. The summed E-state index contributed by atoms with van der Waals surface area (Å²) in [5.74, 6) is -5.85. The van der Waals surface area contributed by atoms with E-state index in [4.69, 9.17) is 4.74 Å². The molecule has 1 N–H and O–H groups in total. The molecule has 0 fully saturated rings. The minimum absolute atomic E-state index is 0.218. The molecule has 29 heavy (non-hydrogen) atoms. The molecule has 2 aromatic carbocycles. The van der Waals surface area contributed by atoms with Gasteiger partial charge in [0.2, 0.25) is 10.0 Å². The van der Waals surface area contributed by atoms with E-state index in [2.05, 4.69) is 4.72 Å². The smallest absolute Gasteiger partial charge is 0.324 e. The second-order valence-corrected chi connectivity index (χ2v) is 8.12. The molecule has 0 aliphatic carbocycles. The molecule has 10 heteroatoms. The number of nitrogens with one attached hydrogen (secondary N) is 1. The Morgan fingerprint density at radius 1 is 1.00 bits per heavy atom. The highest BCUT2D eigenvalue weighted by molar-refractivity contribution is 7.89. The van der Waals surface area contributed by atoms with E-state index in [0.717, 1.165) is 24.3 Å². The molecule has 2 rings (SSSR count). The number of sulfonamides is 1. The van der Waals surface area contributed by atoms with Crippen LogP contribution in [0, 0.1) is 23.4 Å². The van der Waals surface area contributed by atoms with E-state index >= 15 is 0 Å². The molecule has 0 radical (unpaired) electrons. The predicted octanol–water partition coefficient (Wildman–Crippen LogP) is 2.83. The molecule has 0 amide bonds. The zero-order chi connectivity index (χ0) is 21.8. The summed E-state index contributed by atoms with van der Waals surface area (Å²) in [7, 11) is -4.38. The standard InChI is InChI=1S/C19H18F3NO5S/c1-11(2)18(23-29(26,27)17-6-4-3-5-14(17)21)19(25)28-10-16(24)12-7-8-13(20)15(22)9-12/h3-9,11,18,23H,10H2,1-2H3/t18-/m0/s1. The first-order valence-corrected chi connectivity index (χ1v) is 9.93. The number of hydrogen-bond donors (Lipinski definition) is 1. The van der Waals surface area contributed by atoms with Crippen LogP contribution < -0.4 is 4.72 Å². The monoisotopic (exact) mass is 429 g/mol. The molecule has 0 bridgehead atoms. The number of rotatable bonds is 8. The normalized spacial score (nSPS) is 12.6. The third kappa shape index (κ3) is 5.64. The Kier molecular flexibility index (Phi) is 7.15. The van der Waals surface area contributed by atoms with Gasteiger partial charge in [-0.3, -0.25) is 9.59 Å². The Bertz CT molecular complexity index is 1020. The number of hydrogen-bond acceptors (Lipinski definition) is 5. The zero-order valence-electron chi connectivity index (χ0n) is 15.5. The van der Waals surface area contributed by atoms with Gasteiger partial charge in [0, 0.05) is 5.56 Å². The summed E-state index contributed by atoms with van der Waals surface area (Å²) in [6.07, 6.45) is 0. The number of carbonyl (C=O) groups is 2. The first-order chi connectivity index (χ1) is 13.5. The molecule has 156 valence electrons. The van der Waals surface area contributed by atoms with Gasteiger partial charge in [0.1, 0.15) is 16.8 Å². The van der Waals surface area contributed by atoms with Gasteiger partial charge in [-0.05, 0) is 36.2 Å². The van der Waals surface area contributed by atoms with Crippen molar-refractivity contribution < 1.29 is 35.9 Å². The van der Waals surface area contributed by atoms with Crippen molar-refractivity contribution in [2.45, 2.75) is 24.8 Å². The van der Waals surface area contributed by atoms with Gasteiger partial charge in [-0.25, -0.2) is 21.6 Å². The molecule has 6 nitrogen and oxygen atoms in total. The lowest BCUT2D eigenvalue weighted by Crippen LogP contribution is -2.45. The molecule has 0 aliphatic heterocycles. The van der Waals surface area contributed by atoms with Crippen LogP contribution >= 0.6 is 0 Å². The van der Waals surface area contributed by atoms with Crippen LogP contribution in [0.2, 0.25) is 0 Å². The van der Waals surface area contributed by atoms with E-state index in [1.54, 1.807) is 0 Å². The zero-order valence-corrected chi connectivity index (χ0v) is 16.3. The Balaban J connectivity index is 2.10. The summed E-state index contributed by atoms with van der Waals surface area (Å²) >= 11 is 0. The number of benzene rings is 2. The van der Waals surface area contributed by atoms with E-state index in [-0.39, 0.29) is 5.56 Å². The molecule has 2 aromatic rings. The Hall–Kier alpha value is -2.72. The average molecular weight is 429 g/mol. The highest BCUT2D eigenvalue weighted by atomic mass is 32.2. The maximum atomic E-state index is 13.8. The number of ether oxygens (including phenoxy) is 1. The predicted molar refractivity (Wildman–Crippen MR) is 97.0 cm³/mol. The Labute approximate surface area is 165 Å². The molecule has 1 atom stereocenters. The maximum absolute atomic E-state index is 13.8. The van der Waals surface area contributed by atoms with Crippen molar-refractivity contribution in [1.82, 2.24) is 4.72 Å². The lowest BCUT2D eigenvalue weighted by atomic mass is 10.1. The highest BCUT2D eigenvalue weighted by Gasteiger charge is 2.31. The number of esters is 1. The Morgan fingerprint density at radius 3 is 2.24 bits per heavy atom. The van der Waals surface area contributed by atoms with Gasteiger partial charge in [-0.2, -0.15) is 4.72 Å². The van der Waals surface area contributed by atoms with Gasteiger partial charge in [0.15, 0.2) is 24.0 Å². The van der Waals surface area contributed by atoms with Crippen molar-refractivity contribution in [3.05, 3.63) is 65.5 Å². The molecule has 0 aliphatic rings. The fraction of sp³-hybridized carbons (Fsp3) is 0.263. The number of halogens is 3. The van der Waals surface area contributed by atoms with E-state index in [1.165, 1.54) is 26.0 Å². The van der Waals surface area contributed by atoms with Crippen molar-refractivity contribution in [3.63, 3.8) is 0 Å². The molecular weight excluding hydrogens is 411 g/mol. The van der Waals surface area contributed by atoms with Gasteiger partial charge in [-0.15, -0.1) is 0 Å². The largest absolute Gasteiger partial charge is 0.456 e. The van der Waals surface area contributed by atoms with E-state index in [9.17, 15) is 31.2 Å². The molecular formula is C19H18F3NO5S. The third-order valence-corrected chi connectivity index (χ3v) is 5.39. The topological polar surface area (TPSA) is 89.5 Å². The number of Topliss-reactive ketones (excluding diaryl/α,β-unsaturated/α-hetero) is 1. The van der Waals surface area contributed by atoms with Crippen LogP contribution in [0.3, 0.4) is 0 Å². The molecule has 0 heterocycles. The SMILES string of the molecule is CC(C)[C@H](NS(=O)(=O)c1ccccc1F)C(=O)OCC(=O)c1ccc(F)c(F)c1. The van der Waals surface area contributed by atoms with Crippen LogP contribution in [0.15, 0.2) is 47.4 Å². The van der Waals surface area contributed by atoms with Gasteiger partial charge in [0.25, 0.3) is 0 Å². The quantitative estimate of drug-likeness (QED) is 0.515. The van der Waals surface area contributed by atoms with Gasteiger partial charge >= 0.3 is 5.97 Å². The lowest BCUT2D eigenvalue weighted by molar-refractivity contribution is -0.145. The van der Waals surface area contributed by atoms with Crippen LogP contribution in [0.25, 0.3) is 0 Å². The summed E-state index contributed by atoms with van der Waals surface area (Å²) in [5, 5.41) is 0. The minimum Gasteiger partial charge on any atom is -0.456 e. The molecule has 0 unspecified atom stereocenters.